The highest BCUT2D eigenvalue weighted by Gasteiger charge is 2.15. The molecule has 0 fully saturated rings. The zero-order chi connectivity index (χ0) is 17.7. The number of hydrogen-bond donors (Lipinski definition) is 3. The van der Waals surface area contributed by atoms with Crippen molar-refractivity contribution in [1.82, 2.24) is 0 Å². The lowest BCUT2D eigenvalue weighted by Crippen LogP contribution is -2.33. The molecule has 0 aromatic carbocycles. The minimum absolute atomic E-state index is 0.0847. The third kappa shape index (κ3) is 13.9. The Balaban J connectivity index is 3.51. The normalized spacial score (nSPS) is 17.2. The Hall–Kier alpha value is -0.160. The average Bonchev–Trinajstić information content (AvgIpc) is 2.50. The summed E-state index contributed by atoms with van der Waals surface area (Å²) in [4.78, 5) is 0. The van der Waals surface area contributed by atoms with Gasteiger partial charge in [-0.15, -0.1) is 0 Å². The van der Waals surface area contributed by atoms with Crippen molar-refractivity contribution >= 4 is 0 Å². The van der Waals surface area contributed by atoms with Crippen LogP contribution in [0.5, 0.6) is 0 Å². The van der Waals surface area contributed by atoms with Gasteiger partial charge in [0.15, 0.2) is 0 Å². The van der Waals surface area contributed by atoms with E-state index in [0.717, 1.165) is 18.3 Å². The van der Waals surface area contributed by atoms with E-state index in [2.05, 4.69) is 27.7 Å². The van der Waals surface area contributed by atoms with Gasteiger partial charge in [-0.2, -0.15) is 0 Å². The van der Waals surface area contributed by atoms with Crippen molar-refractivity contribution < 1.29 is 20.1 Å². The molecular formula is C19H40O4. The third-order valence-electron chi connectivity index (χ3n) is 4.55. The van der Waals surface area contributed by atoms with Crippen molar-refractivity contribution in [2.45, 2.75) is 84.8 Å². The molecule has 0 saturated carbocycles. The monoisotopic (exact) mass is 332 g/mol. The highest BCUT2D eigenvalue weighted by Crippen LogP contribution is 2.20. The Bertz CT molecular complexity index is 258. The van der Waals surface area contributed by atoms with Gasteiger partial charge in [-0.25, -0.2) is 0 Å². The van der Waals surface area contributed by atoms with E-state index in [0.29, 0.717) is 12.5 Å². The van der Waals surface area contributed by atoms with E-state index in [1.54, 1.807) is 0 Å². The van der Waals surface area contributed by atoms with Crippen LogP contribution >= 0.6 is 0 Å². The fourth-order valence-corrected chi connectivity index (χ4v) is 2.70. The molecule has 0 radical (unpaired) electrons. The van der Waals surface area contributed by atoms with Crippen LogP contribution < -0.4 is 0 Å². The van der Waals surface area contributed by atoms with Crippen LogP contribution in [-0.2, 0) is 4.74 Å². The Morgan fingerprint density at radius 3 is 1.78 bits per heavy atom. The smallest absolute Gasteiger partial charge is 0.105 e. The van der Waals surface area contributed by atoms with E-state index in [9.17, 15) is 10.2 Å². The largest absolute Gasteiger partial charge is 0.394 e. The van der Waals surface area contributed by atoms with Gasteiger partial charge in [-0.05, 0) is 24.2 Å². The van der Waals surface area contributed by atoms with Crippen molar-refractivity contribution in [3.8, 4) is 0 Å². The van der Waals surface area contributed by atoms with Gasteiger partial charge >= 0.3 is 0 Å². The number of rotatable bonds is 15. The summed E-state index contributed by atoms with van der Waals surface area (Å²) >= 11 is 0. The molecule has 4 heteroatoms. The van der Waals surface area contributed by atoms with Crippen LogP contribution in [0.25, 0.3) is 0 Å². The Morgan fingerprint density at radius 1 is 0.739 bits per heavy atom. The van der Waals surface area contributed by atoms with Gasteiger partial charge in [0.1, 0.15) is 12.2 Å². The minimum atomic E-state index is -1.11. The molecule has 0 aliphatic heterocycles. The van der Waals surface area contributed by atoms with E-state index < -0.39 is 18.8 Å². The summed E-state index contributed by atoms with van der Waals surface area (Å²) in [6.07, 6.45) is 6.72. The molecule has 0 aliphatic carbocycles. The fourth-order valence-electron chi connectivity index (χ4n) is 2.70. The van der Waals surface area contributed by atoms with Gasteiger partial charge in [0, 0.05) is 6.61 Å². The highest BCUT2D eigenvalue weighted by atomic mass is 16.5. The van der Waals surface area contributed by atoms with Gasteiger partial charge < -0.3 is 20.1 Å². The zero-order valence-corrected chi connectivity index (χ0v) is 15.7. The molecule has 0 spiro atoms. The van der Waals surface area contributed by atoms with E-state index in [1.165, 1.54) is 38.5 Å². The molecule has 0 saturated heterocycles. The first-order valence-electron chi connectivity index (χ1n) is 9.41. The Labute approximate surface area is 143 Å². The first-order chi connectivity index (χ1) is 10.9. The Kier molecular flexibility index (Phi) is 14.1. The molecule has 0 aliphatic rings. The highest BCUT2D eigenvalue weighted by molar-refractivity contribution is 4.65. The molecule has 0 heterocycles. The predicted octanol–water partition coefficient (Wildman–Crippen LogP) is 3.38. The molecular weight excluding hydrogens is 292 g/mol. The molecule has 0 amide bonds. The van der Waals surface area contributed by atoms with Gasteiger partial charge in [0.25, 0.3) is 0 Å². The first-order valence-corrected chi connectivity index (χ1v) is 9.41. The number of hydrogen-bond acceptors (Lipinski definition) is 4. The van der Waals surface area contributed by atoms with Crippen LogP contribution in [0, 0.1) is 17.8 Å². The van der Waals surface area contributed by atoms with Gasteiger partial charge in [-0.3, -0.25) is 0 Å². The van der Waals surface area contributed by atoms with E-state index in [-0.39, 0.29) is 6.61 Å². The van der Waals surface area contributed by atoms with Crippen LogP contribution in [0.1, 0.15) is 72.6 Å². The average molecular weight is 333 g/mol. The molecule has 0 rings (SSSR count). The van der Waals surface area contributed by atoms with Crippen LogP contribution in [0.4, 0.5) is 0 Å². The van der Waals surface area contributed by atoms with E-state index in [4.69, 9.17) is 9.84 Å². The third-order valence-corrected chi connectivity index (χ3v) is 4.55. The summed E-state index contributed by atoms with van der Waals surface area (Å²) in [5, 5.41) is 27.4. The second kappa shape index (κ2) is 14.2. The van der Waals surface area contributed by atoms with Crippen molar-refractivity contribution in [2.24, 2.45) is 17.8 Å². The summed E-state index contributed by atoms with van der Waals surface area (Å²) < 4.78 is 5.37. The molecule has 140 valence electrons. The summed E-state index contributed by atoms with van der Waals surface area (Å²) in [7, 11) is 0. The summed E-state index contributed by atoms with van der Waals surface area (Å²) in [6, 6.07) is 0. The number of ether oxygens (including phenoxy) is 1. The zero-order valence-electron chi connectivity index (χ0n) is 15.7. The summed E-state index contributed by atoms with van der Waals surface area (Å²) in [6.45, 7) is 9.43. The minimum Gasteiger partial charge on any atom is -0.394 e. The topological polar surface area (TPSA) is 69.9 Å². The van der Waals surface area contributed by atoms with Crippen molar-refractivity contribution in [3.05, 3.63) is 0 Å². The Morgan fingerprint density at radius 2 is 1.26 bits per heavy atom. The molecule has 23 heavy (non-hydrogen) atoms. The van der Waals surface area contributed by atoms with Crippen LogP contribution in [0.3, 0.4) is 0 Å². The van der Waals surface area contributed by atoms with Crippen molar-refractivity contribution in [1.29, 1.82) is 0 Å². The lowest BCUT2D eigenvalue weighted by molar-refractivity contribution is -0.0580. The number of aliphatic hydroxyl groups excluding tert-OH is 3. The SMILES string of the molecule is CC(C)CCCC(C)CCCC(C)CCOC[C@H](O)[C@H](O)CO. The second-order valence-electron chi connectivity index (χ2n) is 7.65. The lowest BCUT2D eigenvalue weighted by Gasteiger charge is -2.17. The standard InChI is InChI=1S/C19H40O4/c1-15(2)7-5-8-16(3)9-6-10-17(4)11-12-23-14-19(22)18(21)13-20/h15-22H,5-14H2,1-4H3/t16?,17?,18-,19+/m1/s1. The molecule has 3 N–H and O–H groups in total. The van der Waals surface area contributed by atoms with Gasteiger partial charge in [-0.1, -0.05) is 66.2 Å². The van der Waals surface area contributed by atoms with Gasteiger partial charge in [0.2, 0.25) is 0 Å². The van der Waals surface area contributed by atoms with Crippen LogP contribution in [0.15, 0.2) is 0 Å². The first kappa shape index (κ1) is 22.8. The molecule has 2 unspecified atom stereocenters. The maximum Gasteiger partial charge on any atom is 0.105 e. The van der Waals surface area contributed by atoms with Crippen LogP contribution in [-0.4, -0.2) is 47.3 Å². The van der Waals surface area contributed by atoms with Crippen LogP contribution in [0.2, 0.25) is 0 Å². The molecule has 4 atom stereocenters. The van der Waals surface area contributed by atoms with Gasteiger partial charge in [0.05, 0.1) is 13.2 Å². The quantitative estimate of drug-likeness (QED) is 0.402. The predicted molar refractivity (Wildman–Crippen MR) is 95.4 cm³/mol. The summed E-state index contributed by atoms with van der Waals surface area (Å²) in [5.74, 6) is 2.27. The maximum atomic E-state index is 9.46. The van der Waals surface area contributed by atoms with Crippen molar-refractivity contribution in [3.63, 3.8) is 0 Å². The molecule has 0 aromatic rings. The molecule has 4 nitrogen and oxygen atoms in total. The summed E-state index contributed by atoms with van der Waals surface area (Å²) in [5.41, 5.74) is 0. The lowest BCUT2D eigenvalue weighted by atomic mass is 9.93. The second-order valence-corrected chi connectivity index (χ2v) is 7.65. The molecule has 0 aromatic heterocycles. The maximum absolute atomic E-state index is 9.46. The number of aliphatic hydroxyl groups is 3. The molecule has 0 bridgehead atoms. The van der Waals surface area contributed by atoms with Crippen molar-refractivity contribution in [2.75, 3.05) is 19.8 Å². The van der Waals surface area contributed by atoms with E-state index in [1.807, 2.05) is 0 Å². The van der Waals surface area contributed by atoms with E-state index >= 15 is 0 Å². The fraction of sp³-hybridized carbons (Fsp3) is 1.00.